The fourth-order valence-electron chi connectivity index (χ4n) is 2.89. The molecular weight excluding hydrogens is 424 g/mol. The molecule has 0 saturated carbocycles. The van der Waals surface area contributed by atoms with Crippen LogP contribution in [0.2, 0.25) is 0 Å². The van der Waals surface area contributed by atoms with Gasteiger partial charge in [-0.05, 0) is 31.2 Å². The van der Waals surface area contributed by atoms with Gasteiger partial charge in [-0.15, -0.1) is 0 Å². The van der Waals surface area contributed by atoms with Gasteiger partial charge in [0.2, 0.25) is 10.0 Å². The number of ether oxygens (including phenoxy) is 3. The number of carbonyl (C=O) groups is 2. The number of anilines is 1. The number of hydrogen-bond acceptors (Lipinski definition) is 7. The summed E-state index contributed by atoms with van der Waals surface area (Å²) in [6.07, 6.45) is -0.391. The zero-order valence-corrected chi connectivity index (χ0v) is 18.1. The van der Waals surface area contributed by atoms with E-state index in [1.807, 2.05) is 6.07 Å². The molecule has 0 radical (unpaired) electrons. The normalized spacial score (nSPS) is 14.3. The first-order valence-corrected chi connectivity index (χ1v) is 11.2. The predicted molar refractivity (Wildman–Crippen MR) is 113 cm³/mol. The zero-order chi connectivity index (χ0) is 22.4. The largest absolute Gasteiger partial charge is 0.490 e. The number of nitrogens with zero attached hydrogens (tertiary/aromatic N) is 1. The first-order chi connectivity index (χ1) is 14.8. The fraction of sp³-hybridized carbons (Fsp3) is 0.333. The van der Waals surface area contributed by atoms with Crippen molar-refractivity contribution in [3.8, 4) is 11.5 Å². The lowest BCUT2D eigenvalue weighted by molar-refractivity contribution is -0.152. The maximum atomic E-state index is 12.5. The van der Waals surface area contributed by atoms with Gasteiger partial charge in [0.25, 0.3) is 5.91 Å². The molecule has 0 bridgehead atoms. The predicted octanol–water partition coefficient (Wildman–Crippen LogP) is 1.72. The Morgan fingerprint density at radius 3 is 2.48 bits per heavy atom. The van der Waals surface area contributed by atoms with Crippen molar-refractivity contribution >= 4 is 27.6 Å². The van der Waals surface area contributed by atoms with E-state index in [2.05, 4.69) is 4.72 Å². The van der Waals surface area contributed by atoms with Crippen molar-refractivity contribution in [2.75, 3.05) is 31.7 Å². The monoisotopic (exact) mass is 448 g/mol. The van der Waals surface area contributed by atoms with Crippen molar-refractivity contribution in [1.29, 1.82) is 0 Å². The number of carbonyl (C=O) groups excluding carboxylic acids is 2. The number of benzene rings is 2. The van der Waals surface area contributed by atoms with E-state index in [-0.39, 0.29) is 4.90 Å². The van der Waals surface area contributed by atoms with Crippen molar-refractivity contribution in [1.82, 2.24) is 4.72 Å². The van der Waals surface area contributed by atoms with Gasteiger partial charge < -0.3 is 19.1 Å². The third-order valence-electron chi connectivity index (χ3n) is 4.57. The first kappa shape index (κ1) is 22.6. The molecule has 2 aromatic rings. The molecule has 0 spiro atoms. The number of hydrogen-bond donors (Lipinski definition) is 1. The molecule has 31 heavy (non-hydrogen) atoms. The van der Waals surface area contributed by atoms with Gasteiger partial charge in [0, 0.05) is 25.2 Å². The molecule has 2 aromatic carbocycles. The molecule has 1 N–H and O–H groups in total. The first-order valence-electron chi connectivity index (χ1n) is 9.69. The van der Waals surface area contributed by atoms with Crippen LogP contribution in [0.4, 0.5) is 5.69 Å². The topological polar surface area (TPSA) is 111 Å². The number of esters is 1. The molecule has 166 valence electrons. The summed E-state index contributed by atoms with van der Waals surface area (Å²) in [7, 11) is -2.43. The maximum Gasteiger partial charge on any atom is 0.321 e. The Morgan fingerprint density at radius 2 is 1.77 bits per heavy atom. The lowest BCUT2D eigenvalue weighted by Gasteiger charge is -2.21. The van der Waals surface area contributed by atoms with Crippen LogP contribution in [0.1, 0.15) is 13.3 Å². The average molecular weight is 448 g/mol. The second-order valence-electron chi connectivity index (χ2n) is 6.85. The Labute approximate surface area is 181 Å². The summed E-state index contributed by atoms with van der Waals surface area (Å²) in [6.45, 7) is 1.71. The minimum atomic E-state index is -4.00. The van der Waals surface area contributed by atoms with Crippen molar-refractivity contribution in [3.63, 3.8) is 0 Å². The lowest BCUT2D eigenvalue weighted by atomic mass is 10.2. The zero-order valence-electron chi connectivity index (χ0n) is 17.2. The summed E-state index contributed by atoms with van der Waals surface area (Å²) >= 11 is 0. The molecule has 1 amide bonds. The minimum absolute atomic E-state index is 0.0718. The highest BCUT2D eigenvalue weighted by Crippen LogP contribution is 2.31. The van der Waals surface area contributed by atoms with Crippen LogP contribution >= 0.6 is 0 Å². The molecule has 1 aliphatic rings. The Hall–Kier alpha value is -3.11. The van der Waals surface area contributed by atoms with Gasteiger partial charge in [-0.1, -0.05) is 18.2 Å². The van der Waals surface area contributed by atoms with E-state index in [1.54, 1.807) is 31.3 Å². The van der Waals surface area contributed by atoms with Gasteiger partial charge in [-0.2, -0.15) is 4.72 Å². The van der Waals surface area contributed by atoms with E-state index in [0.29, 0.717) is 36.8 Å². The van der Waals surface area contributed by atoms with Crippen molar-refractivity contribution < 1.29 is 32.2 Å². The summed E-state index contributed by atoms with van der Waals surface area (Å²) in [6, 6.07) is 13.1. The van der Waals surface area contributed by atoms with Gasteiger partial charge in [0.15, 0.2) is 17.6 Å². The number of fused-ring (bicyclic) bond motifs is 1. The van der Waals surface area contributed by atoms with Crippen molar-refractivity contribution in [2.24, 2.45) is 0 Å². The number of likely N-dealkylation sites (N-methyl/N-ethyl adjacent to an activating group) is 1. The molecule has 9 nitrogen and oxygen atoms in total. The van der Waals surface area contributed by atoms with Crippen LogP contribution < -0.4 is 19.1 Å². The number of sulfonamides is 1. The van der Waals surface area contributed by atoms with Gasteiger partial charge in [0.1, 0.15) is 6.54 Å². The van der Waals surface area contributed by atoms with E-state index in [9.17, 15) is 18.0 Å². The fourth-order valence-corrected chi connectivity index (χ4v) is 3.87. The summed E-state index contributed by atoms with van der Waals surface area (Å²) in [5.74, 6) is -0.526. The number of amides is 1. The van der Waals surface area contributed by atoms with E-state index < -0.39 is 34.5 Å². The SMILES string of the molecule is CC(OC(=O)CNS(=O)(=O)c1ccc2c(c1)OCCCO2)C(=O)N(C)c1ccccc1. The molecule has 1 aliphatic heterocycles. The van der Waals surface area contributed by atoms with E-state index in [4.69, 9.17) is 14.2 Å². The second-order valence-corrected chi connectivity index (χ2v) is 8.62. The van der Waals surface area contributed by atoms with Crippen LogP contribution in [-0.2, 0) is 24.3 Å². The lowest BCUT2D eigenvalue weighted by Crippen LogP contribution is -2.39. The Morgan fingerprint density at radius 1 is 1.10 bits per heavy atom. The van der Waals surface area contributed by atoms with Crippen molar-refractivity contribution in [3.05, 3.63) is 48.5 Å². The quantitative estimate of drug-likeness (QED) is 0.642. The van der Waals surface area contributed by atoms with Crippen LogP contribution in [0, 0.1) is 0 Å². The van der Waals surface area contributed by atoms with Crippen LogP contribution in [0.3, 0.4) is 0 Å². The Balaban J connectivity index is 1.57. The summed E-state index contributed by atoms with van der Waals surface area (Å²) in [5.41, 5.74) is 0.644. The summed E-state index contributed by atoms with van der Waals surface area (Å²) < 4.78 is 43.3. The highest BCUT2D eigenvalue weighted by atomic mass is 32.2. The molecule has 3 rings (SSSR count). The molecule has 1 unspecified atom stereocenters. The molecule has 0 fully saturated rings. The van der Waals surface area contributed by atoms with Crippen LogP contribution in [0.15, 0.2) is 53.4 Å². The van der Waals surface area contributed by atoms with Crippen LogP contribution in [0.25, 0.3) is 0 Å². The highest BCUT2D eigenvalue weighted by Gasteiger charge is 2.24. The van der Waals surface area contributed by atoms with Crippen LogP contribution in [0.5, 0.6) is 11.5 Å². The molecule has 10 heteroatoms. The minimum Gasteiger partial charge on any atom is -0.490 e. The summed E-state index contributed by atoms with van der Waals surface area (Å²) in [4.78, 5) is 25.8. The smallest absolute Gasteiger partial charge is 0.321 e. The Bertz CT molecular complexity index is 1040. The summed E-state index contributed by atoms with van der Waals surface area (Å²) in [5, 5.41) is 0. The Kier molecular flexibility index (Phi) is 7.13. The van der Waals surface area contributed by atoms with Gasteiger partial charge in [-0.3, -0.25) is 9.59 Å². The molecule has 0 aromatic heterocycles. The number of rotatable bonds is 7. The molecule has 0 aliphatic carbocycles. The van der Waals surface area contributed by atoms with Crippen molar-refractivity contribution in [2.45, 2.75) is 24.3 Å². The van der Waals surface area contributed by atoms with E-state index >= 15 is 0 Å². The molecule has 1 heterocycles. The molecule has 1 atom stereocenters. The van der Waals surface area contributed by atoms with E-state index in [1.165, 1.54) is 30.0 Å². The number of nitrogens with one attached hydrogen (secondary N) is 1. The number of para-hydroxylation sites is 1. The van der Waals surface area contributed by atoms with Gasteiger partial charge in [-0.25, -0.2) is 8.42 Å². The standard InChI is InChI=1S/C21H24N2O7S/c1-15(21(25)23(2)16-7-4-3-5-8-16)30-20(24)14-22-31(26,27)17-9-10-18-19(13-17)29-12-6-11-28-18/h3-5,7-10,13,15,22H,6,11-12,14H2,1-2H3. The molecule has 0 saturated heterocycles. The molecular formula is C21H24N2O7S. The third-order valence-corrected chi connectivity index (χ3v) is 5.96. The van der Waals surface area contributed by atoms with Crippen LogP contribution in [-0.4, -0.2) is 53.2 Å². The van der Waals surface area contributed by atoms with Gasteiger partial charge in [0.05, 0.1) is 18.1 Å². The van der Waals surface area contributed by atoms with E-state index in [0.717, 1.165) is 0 Å². The second kappa shape index (κ2) is 9.80. The third kappa shape index (κ3) is 5.74. The highest BCUT2D eigenvalue weighted by molar-refractivity contribution is 7.89. The van der Waals surface area contributed by atoms with Gasteiger partial charge >= 0.3 is 5.97 Å². The average Bonchev–Trinajstić information content (AvgIpc) is 3.02. The maximum absolute atomic E-state index is 12.5.